The van der Waals surface area contributed by atoms with Gasteiger partial charge in [0.2, 0.25) is 0 Å². The molecular weight excluding hydrogens is 202 g/mol. The van der Waals surface area contributed by atoms with Crippen LogP contribution >= 0.6 is 0 Å². The molecule has 0 radical (unpaired) electrons. The number of hydrogen-bond acceptors (Lipinski definition) is 3. The van der Waals surface area contributed by atoms with Gasteiger partial charge in [0.15, 0.2) is 0 Å². The fraction of sp³-hybridized carbons (Fsp3) is 0.462. The van der Waals surface area contributed by atoms with Crippen molar-refractivity contribution in [2.45, 2.75) is 19.9 Å². The number of carbonyl (C=O) groups excluding carboxylic acids is 1. The minimum absolute atomic E-state index is 0.201. The Bertz CT molecular complexity index is 332. The molecule has 0 aliphatic rings. The van der Waals surface area contributed by atoms with Gasteiger partial charge in [-0.3, -0.25) is 9.69 Å². The van der Waals surface area contributed by atoms with E-state index in [0.29, 0.717) is 6.54 Å². The topological polar surface area (TPSA) is 29.5 Å². The van der Waals surface area contributed by atoms with Gasteiger partial charge in [-0.05, 0) is 24.6 Å². The average Bonchev–Trinajstić information content (AvgIpc) is 2.29. The lowest BCUT2D eigenvalue weighted by atomic mass is 10.1. The Labute approximate surface area is 97.0 Å². The first kappa shape index (κ1) is 12.7. The third-order valence-electron chi connectivity index (χ3n) is 2.51. The molecule has 1 aromatic rings. The van der Waals surface area contributed by atoms with Crippen LogP contribution in [0.5, 0.6) is 0 Å². The van der Waals surface area contributed by atoms with Crippen LogP contribution in [0.25, 0.3) is 0 Å². The molecule has 0 saturated heterocycles. The number of likely N-dealkylation sites (N-methyl/N-ethyl adjacent to an activating group) is 1. The first-order valence-electron chi connectivity index (χ1n) is 5.49. The maximum atomic E-state index is 11.0. The lowest BCUT2D eigenvalue weighted by Crippen LogP contribution is -2.26. The van der Waals surface area contributed by atoms with E-state index >= 15 is 0 Å². The largest absolute Gasteiger partial charge is 0.468 e. The highest BCUT2D eigenvalue weighted by atomic mass is 16.5. The molecule has 88 valence electrons. The summed E-state index contributed by atoms with van der Waals surface area (Å²) in [6.07, 6.45) is 1.05. The predicted octanol–water partition coefficient (Wildman–Crippen LogP) is 1.85. The molecule has 0 aliphatic carbocycles. The van der Waals surface area contributed by atoms with Gasteiger partial charge in [0, 0.05) is 6.54 Å². The number of ether oxygens (including phenoxy) is 1. The number of aryl methyl sites for hydroxylation is 1. The van der Waals surface area contributed by atoms with Crippen LogP contribution in [0.2, 0.25) is 0 Å². The van der Waals surface area contributed by atoms with E-state index in [0.717, 1.165) is 13.0 Å². The summed E-state index contributed by atoms with van der Waals surface area (Å²) in [4.78, 5) is 13.0. The van der Waals surface area contributed by atoms with Crippen LogP contribution in [0.3, 0.4) is 0 Å². The molecule has 0 aromatic heterocycles. The summed E-state index contributed by atoms with van der Waals surface area (Å²) in [5, 5.41) is 0. The molecule has 0 saturated carbocycles. The molecule has 3 heteroatoms. The zero-order chi connectivity index (χ0) is 12.0. The maximum Gasteiger partial charge on any atom is 0.319 e. The van der Waals surface area contributed by atoms with Crippen molar-refractivity contribution in [3.8, 4) is 0 Å². The second-order valence-electron chi connectivity index (χ2n) is 3.92. The van der Waals surface area contributed by atoms with Gasteiger partial charge in [0.1, 0.15) is 0 Å². The maximum absolute atomic E-state index is 11.0. The number of nitrogens with zero attached hydrogens (tertiary/aromatic N) is 1. The van der Waals surface area contributed by atoms with Crippen LogP contribution < -0.4 is 0 Å². The highest BCUT2D eigenvalue weighted by Gasteiger charge is 2.06. The number of esters is 1. The second kappa shape index (κ2) is 6.28. The lowest BCUT2D eigenvalue weighted by Gasteiger charge is -2.15. The molecule has 3 nitrogen and oxygen atoms in total. The molecule has 0 amide bonds. The van der Waals surface area contributed by atoms with Gasteiger partial charge in [0.05, 0.1) is 13.7 Å². The van der Waals surface area contributed by atoms with Crippen LogP contribution in [0.15, 0.2) is 24.3 Å². The predicted molar refractivity (Wildman–Crippen MR) is 64.2 cm³/mol. The average molecular weight is 221 g/mol. The smallest absolute Gasteiger partial charge is 0.319 e. The van der Waals surface area contributed by atoms with Gasteiger partial charge in [-0.15, -0.1) is 0 Å². The van der Waals surface area contributed by atoms with E-state index in [2.05, 4.69) is 35.9 Å². The van der Waals surface area contributed by atoms with E-state index in [1.165, 1.54) is 18.2 Å². The lowest BCUT2D eigenvalue weighted by molar-refractivity contribution is -0.141. The molecule has 0 aliphatic heterocycles. The summed E-state index contributed by atoms with van der Waals surface area (Å²) in [5.74, 6) is -0.201. The van der Waals surface area contributed by atoms with Crippen molar-refractivity contribution in [3.63, 3.8) is 0 Å². The summed E-state index contributed by atoms with van der Waals surface area (Å²) in [5.41, 5.74) is 2.54. The Morgan fingerprint density at radius 1 is 1.25 bits per heavy atom. The van der Waals surface area contributed by atoms with E-state index in [1.54, 1.807) is 0 Å². The van der Waals surface area contributed by atoms with Crippen molar-refractivity contribution in [2.24, 2.45) is 0 Å². The highest BCUT2D eigenvalue weighted by molar-refractivity contribution is 5.71. The summed E-state index contributed by atoms with van der Waals surface area (Å²) in [7, 11) is 3.32. The molecular formula is C13H19NO2. The number of methoxy groups -OCH3 is 1. The fourth-order valence-corrected chi connectivity index (χ4v) is 1.53. The van der Waals surface area contributed by atoms with Crippen LogP contribution in [0.4, 0.5) is 0 Å². The van der Waals surface area contributed by atoms with Crippen molar-refractivity contribution in [1.29, 1.82) is 0 Å². The second-order valence-corrected chi connectivity index (χ2v) is 3.92. The summed E-state index contributed by atoms with van der Waals surface area (Å²) < 4.78 is 4.61. The van der Waals surface area contributed by atoms with Crippen molar-refractivity contribution < 1.29 is 9.53 Å². The van der Waals surface area contributed by atoms with Crippen molar-refractivity contribution in [1.82, 2.24) is 4.90 Å². The third kappa shape index (κ3) is 4.03. The number of benzene rings is 1. The Balaban J connectivity index is 2.49. The van der Waals surface area contributed by atoms with Gasteiger partial charge in [-0.1, -0.05) is 31.2 Å². The fourth-order valence-electron chi connectivity index (χ4n) is 1.53. The van der Waals surface area contributed by atoms with E-state index in [1.807, 2.05) is 11.9 Å². The molecule has 0 N–H and O–H groups in total. The SMILES string of the molecule is CCc1ccc(CN(C)CC(=O)OC)cc1. The van der Waals surface area contributed by atoms with Gasteiger partial charge in [-0.2, -0.15) is 0 Å². The first-order valence-corrected chi connectivity index (χ1v) is 5.49. The van der Waals surface area contributed by atoms with Gasteiger partial charge >= 0.3 is 5.97 Å². The summed E-state index contributed by atoms with van der Waals surface area (Å²) in [6.45, 7) is 3.23. The Kier molecular flexibility index (Phi) is 4.99. The van der Waals surface area contributed by atoms with Gasteiger partial charge in [-0.25, -0.2) is 0 Å². The summed E-state index contributed by atoms with van der Waals surface area (Å²) in [6, 6.07) is 8.46. The quantitative estimate of drug-likeness (QED) is 0.711. The molecule has 0 unspecified atom stereocenters. The van der Waals surface area contributed by atoms with E-state index < -0.39 is 0 Å². The molecule has 0 heterocycles. The monoisotopic (exact) mass is 221 g/mol. The Hall–Kier alpha value is -1.35. The summed E-state index contributed by atoms with van der Waals surface area (Å²) >= 11 is 0. The molecule has 0 atom stereocenters. The van der Waals surface area contributed by atoms with E-state index in [9.17, 15) is 4.79 Å². The molecule has 1 rings (SSSR count). The number of rotatable bonds is 5. The molecule has 0 fully saturated rings. The standard InChI is InChI=1S/C13H19NO2/c1-4-11-5-7-12(8-6-11)9-14(2)10-13(15)16-3/h5-8H,4,9-10H2,1-3H3. The Morgan fingerprint density at radius 3 is 2.31 bits per heavy atom. The molecule has 16 heavy (non-hydrogen) atoms. The molecule has 1 aromatic carbocycles. The van der Waals surface area contributed by atoms with Crippen molar-refractivity contribution in [2.75, 3.05) is 20.7 Å². The minimum atomic E-state index is -0.201. The number of hydrogen-bond donors (Lipinski definition) is 0. The molecule has 0 spiro atoms. The van der Waals surface area contributed by atoms with E-state index in [-0.39, 0.29) is 5.97 Å². The minimum Gasteiger partial charge on any atom is -0.468 e. The zero-order valence-corrected chi connectivity index (χ0v) is 10.2. The van der Waals surface area contributed by atoms with Crippen molar-refractivity contribution >= 4 is 5.97 Å². The van der Waals surface area contributed by atoms with Crippen LogP contribution in [-0.4, -0.2) is 31.6 Å². The number of carbonyl (C=O) groups is 1. The van der Waals surface area contributed by atoms with Crippen molar-refractivity contribution in [3.05, 3.63) is 35.4 Å². The normalized spacial score (nSPS) is 10.5. The first-order chi connectivity index (χ1) is 7.65. The van der Waals surface area contributed by atoms with Crippen LogP contribution in [0.1, 0.15) is 18.1 Å². The Morgan fingerprint density at radius 2 is 1.81 bits per heavy atom. The van der Waals surface area contributed by atoms with E-state index in [4.69, 9.17) is 0 Å². The van der Waals surface area contributed by atoms with Crippen LogP contribution in [-0.2, 0) is 22.5 Å². The van der Waals surface area contributed by atoms with Crippen LogP contribution in [0, 0.1) is 0 Å². The zero-order valence-electron chi connectivity index (χ0n) is 10.2. The molecule has 0 bridgehead atoms. The van der Waals surface area contributed by atoms with Gasteiger partial charge < -0.3 is 4.74 Å². The van der Waals surface area contributed by atoms with Gasteiger partial charge in [0.25, 0.3) is 0 Å². The third-order valence-corrected chi connectivity index (χ3v) is 2.51. The highest BCUT2D eigenvalue weighted by Crippen LogP contribution is 2.07.